The van der Waals surface area contributed by atoms with Crippen molar-refractivity contribution >= 4 is 58.0 Å². The van der Waals surface area contributed by atoms with Crippen LogP contribution in [0.3, 0.4) is 0 Å². The van der Waals surface area contributed by atoms with Crippen LogP contribution in [-0.2, 0) is 47.9 Å². The number of rotatable bonds is 2. The summed E-state index contributed by atoms with van der Waals surface area (Å²) in [5.41, 5.74) is 0. The topological polar surface area (TPSA) is 0 Å². The molecular weight excluding hydrogens is 332 g/mol. The molecule has 0 fully saturated rings. The van der Waals surface area contributed by atoms with Gasteiger partial charge in [0.05, 0.1) is 0 Å². The summed E-state index contributed by atoms with van der Waals surface area (Å²) < 4.78 is 0. The Kier molecular flexibility index (Phi) is 63.2. The largest absolute Gasteiger partial charge is 0.187 e. The number of hydrogen-bond acceptors (Lipinski definition) is 4. The van der Waals surface area contributed by atoms with Crippen LogP contribution >= 0.6 is 40.6 Å². The van der Waals surface area contributed by atoms with E-state index >= 15 is 0 Å². The molecule has 0 nitrogen and oxygen atoms in total. The van der Waals surface area contributed by atoms with Crippen molar-refractivity contribution in [3.8, 4) is 0 Å². The van der Waals surface area contributed by atoms with Crippen LogP contribution in [0.2, 0.25) is 0 Å². The second kappa shape index (κ2) is 22.4. The van der Waals surface area contributed by atoms with Gasteiger partial charge in [0.2, 0.25) is 0 Å². The molecule has 0 heterocycles. The van der Waals surface area contributed by atoms with Crippen molar-refractivity contribution in [1.82, 2.24) is 0 Å². The van der Waals surface area contributed by atoms with E-state index in [0.717, 1.165) is 0 Å². The maximum absolute atomic E-state index is 4.22. The average molecular weight is 336 g/mol. The van der Waals surface area contributed by atoms with Crippen molar-refractivity contribution in [2.75, 3.05) is 0 Å². The van der Waals surface area contributed by atoms with E-state index in [-0.39, 0.29) is 50.9 Å². The minimum absolute atomic E-state index is 0. The maximum atomic E-state index is 4.22. The summed E-state index contributed by atoms with van der Waals surface area (Å²) in [6.07, 6.45) is 0. The van der Waals surface area contributed by atoms with Crippen molar-refractivity contribution < 1.29 is 47.9 Å². The molecule has 0 atom stereocenters. The molecule has 2 radical (unpaired) electrons. The smallest absolute Gasteiger partial charge is 0 e. The van der Waals surface area contributed by atoms with E-state index in [9.17, 15) is 0 Å². The second-order valence-corrected chi connectivity index (χ2v) is 5.81. The van der Waals surface area contributed by atoms with Crippen molar-refractivity contribution in [2.45, 2.75) is 0 Å². The van der Waals surface area contributed by atoms with Crippen LogP contribution in [0.1, 0.15) is 0 Å². The van der Waals surface area contributed by atoms with Gasteiger partial charge in [-0.2, -0.15) is 0 Å². The Hall–Kier alpha value is 3.44. The van der Waals surface area contributed by atoms with Gasteiger partial charge in [0.1, 0.15) is 0 Å². The summed E-state index contributed by atoms with van der Waals surface area (Å²) in [5, 5.41) is 0. The standard InChI is InChI=1S/Al.2Co.Ni.H2S4.3H/c;;;;1-3-4-2;;;/h;;;;1-2H;;;/q;;;+1;;;;/p-1. The minimum Gasteiger partial charge on any atom is 0 e. The second-order valence-electron chi connectivity index (χ2n) is 0.195. The quantitative estimate of drug-likeness (QED) is 0.457. The summed E-state index contributed by atoms with van der Waals surface area (Å²) >= 11 is 8.02. The monoisotopic (exact) mass is 335 g/mol. The van der Waals surface area contributed by atoms with Crippen LogP contribution in [0.15, 0.2) is 0 Å². The molecule has 0 unspecified atom stereocenters. The van der Waals surface area contributed by atoms with Gasteiger partial charge in [0, 0.05) is 33.6 Å². The van der Waals surface area contributed by atoms with Gasteiger partial charge in [-0.1, -0.05) is 0 Å². The molecule has 0 aliphatic carbocycles. The van der Waals surface area contributed by atoms with Gasteiger partial charge in [-0.25, -0.2) is 0 Å². The van der Waals surface area contributed by atoms with Crippen molar-refractivity contribution in [2.24, 2.45) is 0 Å². The maximum Gasteiger partial charge on any atom is 0.187 e. The van der Waals surface area contributed by atoms with Gasteiger partial charge >= 0.3 is 55.0 Å². The fourth-order valence-electron chi connectivity index (χ4n) is 0.00962. The Morgan fingerprint density at radius 1 is 1.25 bits per heavy atom. The number of thiol groups is 1. The molecule has 0 amide bonds. The molecule has 0 saturated heterocycles. The zero-order valence-electron chi connectivity index (χ0n) is 2.65. The van der Waals surface area contributed by atoms with E-state index in [0.29, 0.717) is 0 Å². The molecule has 0 aromatic rings. The van der Waals surface area contributed by atoms with E-state index in [1.807, 2.05) is 0 Å². The summed E-state index contributed by atoms with van der Waals surface area (Å²) in [6.45, 7) is 0. The summed E-state index contributed by atoms with van der Waals surface area (Å²) in [6, 6.07) is 0. The van der Waals surface area contributed by atoms with E-state index < -0.39 is 0 Å². The summed E-state index contributed by atoms with van der Waals surface area (Å²) in [7, 11) is 4.21. The molecular formula is H4AlCo2NiS4. The zero-order chi connectivity index (χ0) is 4.12. The Morgan fingerprint density at radius 2 is 1.62 bits per heavy atom. The minimum atomic E-state index is 0. The van der Waals surface area contributed by atoms with E-state index in [1.165, 1.54) is 29.0 Å². The van der Waals surface area contributed by atoms with Crippen molar-refractivity contribution in [3.63, 3.8) is 0 Å². The first-order valence-electron chi connectivity index (χ1n) is 0.645. The Balaban J connectivity index is -0.0000000267. The predicted octanol–water partition coefficient (Wildman–Crippen LogP) is 1.13. The van der Waals surface area contributed by atoms with Gasteiger partial charge in [-0.05, 0) is 0 Å². The van der Waals surface area contributed by atoms with Gasteiger partial charge in [0.25, 0.3) is 0 Å². The van der Waals surface area contributed by atoms with E-state index in [1.54, 1.807) is 0 Å². The fraction of sp³-hybridized carbons (Fsp3) is 0. The van der Waals surface area contributed by atoms with Crippen LogP contribution in [0.4, 0.5) is 0 Å². The molecule has 0 rings (SSSR count). The molecule has 8 heteroatoms. The first-order chi connectivity index (χ1) is 2.41. The Morgan fingerprint density at radius 3 is 1.62 bits per heavy atom. The third-order valence-electron chi connectivity index (χ3n) is 0.0519. The van der Waals surface area contributed by atoms with Crippen LogP contribution in [-0.4, -0.2) is 17.4 Å². The summed E-state index contributed by atoms with van der Waals surface area (Å²) in [4.78, 5) is 0. The van der Waals surface area contributed by atoms with Crippen LogP contribution in [0.5, 0.6) is 0 Å². The first-order valence-corrected chi connectivity index (χ1v) is 6.24. The van der Waals surface area contributed by atoms with Crippen LogP contribution in [0, 0.1) is 0 Å². The molecule has 0 N–H and O–H groups in total. The Bertz CT molecular complexity index is 21.5. The summed E-state index contributed by atoms with van der Waals surface area (Å²) in [5.74, 6) is 0. The van der Waals surface area contributed by atoms with Gasteiger partial charge in [-0.3, -0.25) is 0 Å². The molecule has 0 aliphatic rings. The van der Waals surface area contributed by atoms with E-state index in [4.69, 9.17) is 0 Å². The molecule has 0 aromatic heterocycles. The van der Waals surface area contributed by atoms with Gasteiger partial charge in [0.15, 0.2) is 17.4 Å². The molecule has 59 valence electrons. The number of hydrogen-bond donors (Lipinski definition) is 1. The molecule has 0 aliphatic heterocycles. The van der Waals surface area contributed by atoms with Crippen molar-refractivity contribution in [3.05, 3.63) is 0 Å². The molecule has 8 heavy (non-hydrogen) atoms. The van der Waals surface area contributed by atoms with Crippen LogP contribution < -0.4 is 0 Å². The normalized spacial score (nSPS) is 5.38. The molecule has 0 saturated carbocycles. The SMILES string of the molecule is SSS[S][Ni].[AlH3].[Co].[Co]. The van der Waals surface area contributed by atoms with Crippen molar-refractivity contribution in [1.29, 1.82) is 0 Å². The molecule has 0 spiro atoms. The third kappa shape index (κ3) is 22.7. The van der Waals surface area contributed by atoms with Crippen LogP contribution in [0.25, 0.3) is 0 Å². The van der Waals surface area contributed by atoms with Gasteiger partial charge < -0.3 is 0 Å². The first kappa shape index (κ1) is 22.5. The molecule has 0 bridgehead atoms. The average Bonchev–Trinajstić information content (AvgIpc) is 1.41. The van der Waals surface area contributed by atoms with E-state index in [2.05, 4.69) is 26.0 Å². The predicted molar refractivity (Wildman–Crippen MR) is 41.7 cm³/mol. The fourth-order valence-corrected chi connectivity index (χ4v) is 3.21. The molecule has 0 aromatic carbocycles. The third-order valence-corrected chi connectivity index (χ3v) is 4.86. The van der Waals surface area contributed by atoms with Gasteiger partial charge in [-0.15, -0.1) is 0 Å². The Labute approximate surface area is 104 Å². The zero-order valence-corrected chi connectivity index (χ0v) is 9.07.